The number of rotatable bonds is 6. The maximum atomic E-state index is 12.2. The number of hydrogen-bond donors (Lipinski definition) is 2. The number of alkyl carbamates (subject to hydrolysis) is 1. The van der Waals surface area contributed by atoms with Crippen LogP contribution in [0.2, 0.25) is 0 Å². The van der Waals surface area contributed by atoms with Gasteiger partial charge in [-0.25, -0.2) is 4.79 Å². The average Bonchev–Trinajstić information content (AvgIpc) is 2.66. The zero-order valence-electron chi connectivity index (χ0n) is 16.1. The molecule has 1 aliphatic carbocycles. The molecule has 136 valence electrons. The SMILES string of the molecule is CCC(CC)(CNC1CCCC(C)CC1)NC(=O)OC(C)(C)C. The minimum absolute atomic E-state index is 0.222. The number of ether oxygens (including phenoxy) is 1. The molecule has 0 bridgehead atoms. The summed E-state index contributed by atoms with van der Waals surface area (Å²) in [5, 5.41) is 6.85. The van der Waals surface area contributed by atoms with E-state index >= 15 is 0 Å². The lowest BCUT2D eigenvalue weighted by atomic mass is 9.92. The summed E-state index contributed by atoms with van der Waals surface area (Å²) in [6.07, 6.45) is 7.96. The van der Waals surface area contributed by atoms with Gasteiger partial charge in [0.2, 0.25) is 0 Å². The fourth-order valence-electron chi connectivity index (χ4n) is 3.27. The Morgan fingerprint density at radius 2 is 1.74 bits per heavy atom. The van der Waals surface area contributed by atoms with Gasteiger partial charge >= 0.3 is 6.09 Å². The van der Waals surface area contributed by atoms with Crippen molar-refractivity contribution in [2.45, 2.75) is 104 Å². The lowest BCUT2D eigenvalue weighted by Crippen LogP contribution is -2.56. The van der Waals surface area contributed by atoms with Crippen molar-refractivity contribution in [3.63, 3.8) is 0 Å². The normalized spacial score (nSPS) is 23.2. The molecule has 1 aliphatic rings. The second-order valence-corrected chi connectivity index (χ2v) is 8.31. The molecule has 0 heterocycles. The van der Waals surface area contributed by atoms with Gasteiger partial charge in [-0.15, -0.1) is 0 Å². The van der Waals surface area contributed by atoms with E-state index in [4.69, 9.17) is 4.74 Å². The minimum Gasteiger partial charge on any atom is -0.444 e. The van der Waals surface area contributed by atoms with Gasteiger partial charge in [0.15, 0.2) is 0 Å². The third-order valence-electron chi connectivity index (χ3n) is 5.11. The molecule has 0 aromatic carbocycles. The maximum Gasteiger partial charge on any atom is 0.408 e. The predicted octanol–water partition coefficient (Wildman–Crippen LogP) is 4.63. The highest BCUT2D eigenvalue weighted by molar-refractivity contribution is 5.68. The smallest absolute Gasteiger partial charge is 0.408 e. The summed E-state index contributed by atoms with van der Waals surface area (Å²) < 4.78 is 5.44. The molecule has 4 heteroatoms. The Labute approximate surface area is 143 Å². The Hall–Kier alpha value is -0.770. The van der Waals surface area contributed by atoms with Crippen molar-refractivity contribution in [2.24, 2.45) is 5.92 Å². The highest BCUT2D eigenvalue weighted by Gasteiger charge is 2.31. The van der Waals surface area contributed by atoms with Gasteiger partial charge in [-0.1, -0.05) is 33.6 Å². The van der Waals surface area contributed by atoms with Crippen molar-refractivity contribution < 1.29 is 9.53 Å². The lowest BCUT2D eigenvalue weighted by Gasteiger charge is -2.35. The van der Waals surface area contributed by atoms with E-state index < -0.39 is 5.60 Å². The molecule has 1 rings (SSSR count). The van der Waals surface area contributed by atoms with E-state index in [0.717, 1.165) is 25.3 Å². The van der Waals surface area contributed by atoms with Crippen molar-refractivity contribution in [3.8, 4) is 0 Å². The number of hydrogen-bond acceptors (Lipinski definition) is 3. The topological polar surface area (TPSA) is 50.4 Å². The molecule has 0 aromatic rings. The van der Waals surface area contributed by atoms with Crippen LogP contribution in [0.15, 0.2) is 0 Å². The van der Waals surface area contributed by atoms with E-state index in [1.807, 2.05) is 20.8 Å². The van der Waals surface area contributed by atoms with E-state index in [1.54, 1.807) is 0 Å². The van der Waals surface area contributed by atoms with Crippen LogP contribution in [0.3, 0.4) is 0 Å². The summed E-state index contributed by atoms with van der Waals surface area (Å²) in [5.74, 6) is 0.851. The molecule has 0 spiro atoms. The van der Waals surface area contributed by atoms with Gasteiger partial charge in [0, 0.05) is 12.6 Å². The van der Waals surface area contributed by atoms with Crippen LogP contribution in [0.25, 0.3) is 0 Å². The quantitative estimate of drug-likeness (QED) is 0.700. The number of carbonyl (C=O) groups is 1. The van der Waals surface area contributed by atoms with Crippen molar-refractivity contribution in [3.05, 3.63) is 0 Å². The van der Waals surface area contributed by atoms with E-state index in [0.29, 0.717) is 6.04 Å². The first-order chi connectivity index (χ1) is 10.7. The van der Waals surface area contributed by atoms with Crippen LogP contribution >= 0.6 is 0 Å². The molecule has 1 saturated carbocycles. The molecule has 2 unspecified atom stereocenters. The molecule has 1 amide bonds. The van der Waals surface area contributed by atoms with Crippen molar-refractivity contribution in [1.82, 2.24) is 10.6 Å². The lowest BCUT2D eigenvalue weighted by molar-refractivity contribution is 0.0443. The Balaban J connectivity index is 2.57. The molecule has 0 aliphatic heterocycles. The van der Waals surface area contributed by atoms with Gasteiger partial charge in [-0.2, -0.15) is 0 Å². The number of amides is 1. The molecule has 4 nitrogen and oxygen atoms in total. The van der Waals surface area contributed by atoms with Crippen LogP contribution in [0.5, 0.6) is 0 Å². The van der Waals surface area contributed by atoms with Crippen LogP contribution in [0, 0.1) is 5.92 Å². The number of carbonyl (C=O) groups excluding carboxylic acids is 1. The van der Waals surface area contributed by atoms with Crippen LogP contribution in [-0.2, 0) is 4.74 Å². The van der Waals surface area contributed by atoms with Crippen molar-refractivity contribution >= 4 is 6.09 Å². The van der Waals surface area contributed by atoms with Gasteiger partial charge in [-0.05, 0) is 58.8 Å². The molecular formula is C19H38N2O2. The van der Waals surface area contributed by atoms with E-state index in [-0.39, 0.29) is 11.6 Å². The first-order valence-corrected chi connectivity index (χ1v) is 9.44. The monoisotopic (exact) mass is 326 g/mol. The van der Waals surface area contributed by atoms with Crippen LogP contribution < -0.4 is 10.6 Å². The van der Waals surface area contributed by atoms with Crippen LogP contribution in [0.4, 0.5) is 4.79 Å². The highest BCUT2D eigenvalue weighted by atomic mass is 16.6. The Bertz CT molecular complexity index is 359. The van der Waals surface area contributed by atoms with Crippen molar-refractivity contribution in [2.75, 3.05) is 6.54 Å². The van der Waals surface area contributed by atoms with E-state index in [2.05, 4.69) is 31.4 Å². The Kier molecular flexibility index (Phi) is 7.85. The van der Waals surface area contributed by atoms with Crippen LogP contribution in [0.1, 0.15) is 86.5 Å². The third-order valence-corrected chi connectivity index (χ3v) is 5.11. The minimum atomic E-state index is -0.456. The molecule has 2 N–H and O–H groups in total. The van der Waals surface area contributed by atoms with Gasteiger partial charge in [0.1, 0.15) is 5.60 Å². The third kappa shape index (κ3) is 7.56. The summed E-state index contributed by atoms with van der Waals surface area (Å²) >= 11 is 0. The first-order valence-electron chi connectivity index (χ1n) is 9.44. The Morgan fingerprint density at radius 1 is 1.09 bits per heavy atom. The van der Waals surface area contributed by atoms with E-state index in [9.17, 15) is 4.79 Å². The van der Waals surface area contributed by atoms with Crippen molar-refractivity contribution in [1.29, 1.82) is 0 Å². The molecule has 1 fully saturated rings. The Morgan fingerprint density at radius 3 is 2.30 bits per heavy atom. The predicted molar refractivity (Wildman–Crippen MR) is 96.7 cm³/mol. The fraction of sp³-hybridized carbons (Fsp3) is 0.947. The second kappa shape index (κ2) is 8.91. The maximum absolute atomic E-state index is 12.2. The summed E-state index contributed by atoms with van der Waals surface area (Å²) in [4.78, 5) is 12.2. The summed E-state index contributed by atoms with van der Waals surface area (Å²) in [6.45, 7) is 13.1. The first kappa shape index (κ1) is 20.3. The molecule has 0 aromatic heterocycles. The van der Waals surface area contributed by atoms with Gasteiger partial charge < -0.3 is 15.4 Å². The van der Waals surface area contributed by atoms with Gasteiger partial charge in [0.05, 0.1) is 5.54 Å². The van der Waals surface area contributed by atoms with E-state index in [1.165, 1.54) is 32.1 Å². The van der Waals surface area contributed by atoms with Crippen LogP contribution in [-0.4, -0.2) is 29.8 Å². The fourth-order valence-corrected chi connectivity index (χ4v) is 3.27. The summed E-state index contributed by atoms with van der Waals surface area (Å²) in [7, 11) is 0. The highest BCUT2D eigenvalue weighted by Crippen LogP contribution is 2.23. The summed E-state index contributed by atoms with van der Waals surface area (Å²) in [5.41, 5.74) is -0.678. The zero-order chi connectivity index (χ0) is 17.5. The average molecular weight is 327 g/mol. The standard InChI is InChI=1S/C19H38N2O2/c1-7-19(8-2,21-17(22)23-18(4,5)6)14-20-16-11-9-10-15(3)12-13-16/h15-16,20H,7-14H2,1-6H3,(H,21,22). The second-order valence-electron chi connectivity index (χ2n) is 8.31. The molecular weight excluding hydrogens is 288 g/mol. The largest absolute Gasteiger partial charge is 0.444 e. The van der Waals surface area contributed by atoms with Gasteiger partial charge in [-0.3, -0.25) is 0 Å². The zero-order valence-corrected chi connectivity index (χ0v) is 16.1. The number of nitrogens with one attached hydrogen (secondary N) is 2. The summed E-state index contributed by atoms with van der Waals surface area (Å²) in [6, 6.07) is 0.581. The van der Waals surface area contributed by atoms with Gasteiger partial charge in [0.25, 0.3) is 0 Å². The molecule has 0 saturated heterocycles. The molecule has 0 radical (unpaired) electrons. The molecule has 23 heavy (non-hydrogen) atoms. The molecule has 2 atom stereocenters.